The van der Waals surface area contributed by atoms with Crippen LogP contribution >= 0.6 is 15.9 Å². The maximum absolute atomic E-state index is 12.8. The van der Waals surface area contributed by atoms with Gasteiger partial charge in [-0.3, -0.25) is 19.4 Å². The third-order valence-corrected chi connectivity index (χ3v) is 5.37. The molecule has 0 radical (unpaired) electrons. The number of anilines is 1. The minimum absolute atomic E-state index is 0.0421. The molecule has 1 N–H and O–H groups in total. The Bertz CT molecular complexity index is 632. The Kier molecular flexibility index (Phi) is 6.77. The van der Waals surface area contributed by atoms with Gasteiger partial charge in [-0.15, -0.1) is 0 Å². The van der Waals surface area contributed by atoms with Crippen LogP contribution in [0.25, 0.3) is 0 Å². The number of aliphatic hydroxyl groups is 1. The van der Waals surface area contributed by atoms with Crippen molar-refractivity contribution in [3.63, 3.8) is 0 Å². The smallest absolute Gasteiger partial charge is 0.251 e. The van der Waals surface area contributed by atoms with Gasteiger partial charge in [0.2, 0.25) is 5.91 Å². The van der Waals surface area contributed by atoms with E-state index < -0.39 is 0 Å². The first-order chi connectivity index (χ1) is 12.6. The van der Waals surface area contributed by atoms with Crippen LogP contribution in [0.15, 0.2) is 28.7 Å². The van der Waals surface area contributed by atoms with Crippen LogP contribution in [0.1, 0.15) is 6.42 Å². The number of imide groups is 1. The van der Waals surface area contributed by atoms with Gasteiger partial charge < -0.3 is 9.84 Å². The van der Waals surface area contributed by atoms with Crippen LogP contribution in [0.2, 0.25) is 0 Å². The van der Waals surface area contributed by atoms with Crippen molar-refractivity contribution in [3.05, 3.63) is 28.7 Å². The number of piperazine rings is 1. The molecule has 0 bridgehead atoms. The number of halogens is 1. The van der Waals surface area contributed by atoms with Crippen LogP contribution in [0.3, 0.4) is 0 Å². The van der Waals surface area contributed by atoms with Gasteiger partial charge in [0.05, 0.1) is 38.0 Å². The lowest BCUT2D eigenvalue weighted by Crippen LogP contribution is -2.53. The van der Waals surface area contributed by atoms with Gasteiger partial charge in [-0.2, -0.15) is 0 Å². The summed E-state index contributed by atoms with van der Waals surface area (Å²) in [6, 6.07) is 6.87. The topological polar surface area (TPSA) is 73.3 Å². The molecule has 0 spiro atoms. The molecule has 2 aliphatic rings. The zero-order valence-electron chi connectivity index (χ0n) is 14.6. The van der Waals surface area contributed by atoms with E-state index in [1.807, 2.05) is 12.1 Å². The fourth-order valence-electron chi connectivity index (χ4n) is 3.42. The summed E-state index contributed by atoms with van der Waals surface area (Å²) in [5, 5.41) is 8.71. The Labute approximate surface area is 161 Å². The van der Waals surface area contributed by atoms with Gasteiger partial charge in [0.1, 0.15) is 0 Å². The molecule has 2 amide bonds. The summed E-state index contributed by atoms with van der Waals surface area (Å²) >= 11 is 3.37. The molecule has 0 unspecified atom stereocenters. The number of nitrogens with zero attached hydrogens (tertiary/aromatic N) is 3. The van der Waals surface area contributed by atoms with Gasteiger partial charge in [-0.05, 0) is 24.3 Å². The van der Waals surface area contributed by atoms with Gasteiger partial charge in [0, 0.05) is 37.2 Å². The molecular weight excluding hydrogens is 402 g/mol. The standard InChI is InChI=1S/C18H24BrN3O4/c19-14-1-3-15(4-2-14)22-17(24)13-16(18(22)25)21-7-5-20(6-8-21)9-11-26-12-10-23/h1-4,16,23H,5-13H2/t16-/m1/s1. The van der Waals surface area contributed by atoms with Crippen molar-refractivity contribution in [2.24, 2.45) is 0 Å². The highest BCUT2D eigenvalue weighted by Crippen LogP contribution is 2.27. The lowest BCUT2D eigenvalue weighted by atomic mass is 10.1. The van der Waals surface area contributed by atoms with Gasteiger partial charge in [-0.1, -0.05) is 15.9 Å². The van der Waals surface area contributed by atoms with Crippen LogP contribution in [0, 0.1) is 0 Å². The molecule has 142 valence electrons. The molecule has 2 heterocycles. The molecule has 0 aliphatic carbocycles. The first-order valence-corrected chi connectivity index (χ1v) is 9.67. The summed E-state index contributed by atoms with van der Waals surface area (Å²) in [5.74, 6) is -0.265. The lowest BCUT2D eigenvalue weighted by molar-refractivity contribution is -0.123. The Morgan fingerprint density at radius 1 is 1.08 bits per heavy atom. The zero-order chi connectivity index (χ0) is 18.5. The predicted molar refractivity (Wildman–Crippen MR) is 101 cm³/mol. The summed E-state index contributed by atoms with van der Waals surface area (Å²) < 4.78 is 6.21. The SMILES string of the molecule is O=C1C[C@@H](N2CCN(CCOCCO)CC2)C(=O)N1c1ccc(Br)cc1. The Morgan fingerprint density at radius 2 is 1.77 bits per heavy atom. The van der Waals surface area contributed by atoms with E-state index in [9.17, 15) is 9.59 Å². The summed E-state index contributed by atoms with van der Waals surface area (Å²) in [5.41, 5.74) is 0.630. The summed E-state index contributed by atoms with van der Waals surface area (Å²) in [6.45, 7) is 5.04. The van der Waals surface area contributed by atoms with Crippen LogP contribution in [0.4, 0.5) is 5.69 Å². The maximum atomic E-state index is 12.8. The van der Waals surface area contributed by atoms with Gasteiger partial charge in [-0.25, -0.2) is 4.90 Å². The van der Waals surface area contributed by atoms with Crippen molar-refractivity contribution in [2.45, 2.75) is 12.5 Å². The number of aliphatic hydroxyl groups excluding tert-OH is 1. The summed E-state index contributed by atoms with van der Waals surface area (Å²) in [6.07, 6.45) is 0.245. The van der Waals surface area contributed by atoms with E-state index in [4.69, 9.17) is 9.84 Å². The quantitative estimate of drug-likeness (QED) is 0.512. The fraction of sp³-hybridized carbons (Fsp3) is 0.556. The van der Waals surface area contributed by atoms with Crippen molar-refractivity contribution in [2.75, 3.05) is 57.4 Å². The van der Waals surface area contributed by atoms with Crippen molar-refractivity contribution >= 4 is 33.4 Å². The Morgan fingerprint density at radius 3 is 2.42 bits per heavy atom. The molecule has 0 saturated carbocycles. The minimum Gasteiger partial charge on any atom is -0.394 e. The molecular formula is C18H24BrN3O4. The molecule has 7 nitrogen and oxygen atoms in total. The van der Waals surface area contributed by atoms with Crippen molar-refractivity contribution < 1.29 is 19.4 Å². The second-order valence-corrected chi connectivity index (χ2v) is 7.39. The van der Waals surface area contributed by atoms with Crippen LogP contribution in [0.5, 0.6) is 0 Å². The van der Waals surface area contributed by atoms with E-state index in [0.29, 0.717) is 18.9 Å². The number of hydrogen-bond acceptors (Lipinski definition) is 6. The Hall–Kier alpha value is -1.32. The van der Waals surface area contributed by atoms with E-state index in [1.165, 1.54) is 4.90 Å². The minimum atomic E-state index is -0.362. The zero-order valence-corrected chi connectivity index (χ0v) is 16.2. The molecule has 8 heteroatoms. The first-order valence-electron chi connectivity index (χ1n) is 8.87. The summed E-state index contributed by atoms with van der Waals surface area (Å²) in [7, 11) is 0. The van der Waals surface area contributed by atoms with E-state index in [2.05, 4.69) is 25.7 Å². The third kappa shape index (κ3) is 4.50. The summed E-state index contributed by atoms with van der Waals surface area (Å²) in [4.78, 5) is 30.9. The van der Waals surface area contributed by atoms with Gasteiger partial charge >= 0.3 is 0 Å². The molecule has 1 aromatic carbocycles. The monoisotopic (exact) mass is 425 g/mol. The van der Waals surface area contributed by atoms with Crippen LogP contribution < -0.4 is 4.90 Å². The Balaban J connectivity index is 1.54. The van der Waals surface area contributed by atoms with Gasteiger partial charge in [0.25, 0.3) is 5.91 Å². The molecule has 0 aromatic heterocycles. The largest absolute Gasteiger partial charge is 0.394 e. The molecule has 2 fully saturated rings. The van der Waals surface area contributed by atoms with Crippen molar-refractivity contribution in [3.8, 4) is 0 Å². The molecule has 1 atom stereocenters. The average Bonchev–Trinajstić information content (AvgIpc) is 2.95. The number of hydrogen-bond donors (Lipinski definition) is 1. The van der Waals surface area contributed by atoms with Crippen molar-refractivity contribution in [1.82, 2.24) is 9.80 Å². The number of carbonyl (C=O) groups is 2. The highest BCUT2D eigenvalue weighted by Gasteiger charge is 2.43. The number of carbonyl (C=O) groups excluding carboxylic acids is 2. The lowest BCUT2D eigenvalue weighted by Gasteiger charge is -2.36. The average molecular weight is 426 g/mol. The van der Waals surface area contributed by atoms with E-state index in [-0.39, 0.29) is 30.9 Å². The number of amides is 2. The predicted octanol–water partition coefficient (Wildman–Crippen LogP) is 0.708. The second-order valence-electron chi connectivity index (χ2n) is 6.48. The number of rotatable bonds is 7. The highest BCUT2D eigenvalue weighted by atomic mass is 79.9. The normalized spacial score (nSPS) is 22.4. The van der Waals surface area contributed by atoms with Crippen molar-refractivity contribution in [1.29, 1.82) is 0 Å². The van der Waals surface area contributed by atoms with E-state index in [1.54, 1.807) is 12.1 Å². The molecule has 1 aromatic rings. The first kappa shape index (κ1) is 19.4. The van der Waals surface area contributed by atoms with E-state index in [0.717, 1.165) is 37.2 Å². The van der Waals surface area contributed by atoms with Gasteiger partial charge in [0.15, 0.2) is 0 Å². The maximum Gasteiger partial charge on any atom is 0.251 e. The van der Waals surface area contributed by atoms with Crippen LogP contribution in [-0.4, -0.2) is 85.3 Å². The molecule has 3 rings (SSSR count). The molecule has 26 heavy (non-hydrogen) atoms. The fourth-order valence-corrected chi connectivity index (χ4v) is 3.69. The third-order valence-electron chi connectivity index (χ3n) is 4.84. The number of ether oxygens (including phenoxy) is 1. The van der Waals surface area contributed by atoms with E-state index >= 15 is 0 Å². The second kappa shape index (κ2) is 9.05. The highest BCUT2D eigenvalue weighted by molar-refractivity contribution is 9.10. The molecule has 2 saturated heterocycles. The number of benzene rings is 1. The molecule has 2 aliphatic heterocycles. The van der Waals surface area contributed by atoms with Crippen LogP contribution in [-0.2, 0) is 14.3 Å².